The molecule has 1 atom stereocenters. The van der Waals surface area contributed by atoms with E-state index in [2.05, 4.69) is 40.3 Å². The molecule has 0 aliphatic rings. The number of nitrogens with zero attached hydrogens (tertiary/aromatic N) is 1. The number of benzene rings is 2. The van der Waals surface area contributed by atoms with Crippen molar-refractivity contribution in [1.29, 1.82) is 0 Å². The first kappa shape index (κ1) is 21.4. The van der Waals surface area contributed by atoms with Gasteiger partial charge in [0.05, 0.1) is 18.0 Å². The first-order chi connectivity index (χ1) is 12.5. The van der Waals surface area contributed by atoms with Crippen LogP contribution in [0.5, 0.6) is 0 Å². The van der Waals surface area contributed by atoms with Gasteiger partial charge in [-0.2, -0.15) is 0 Å². The Hall–Kier alpha value is -1.86. The van der Waals surface area contributed by atoms with Crippen molar-refractivity contribution in [3.05, 3.63) is 63.1 Å². The molecule has 0 bridgehead atoms. The minimum absolute atomic E-state index is 0.225. The first-order valence-electron chi connectivity index (χ1n) is 8.60. The third-order valence-electron chi connectivity index (χ3n) is 4.54. The summed E-state index contributed by atoms with van der Waals surface area (Å²) in [6.07, 6.45) is 1.09. The summed E-state index contributed by atoms with van der Waals surface area (Å²) in [6.45, 7) is 7.71. The van der Waals surface area contributed by atoms with Crippen LogP contribution in [0.15, 0.2) is 40.9 Å². The average Bonchev–Trinajstić information content (AvgIpc) is 2.55. The van der Waals surface area contributed by atoms with Gasteiger partial charge in [-0.15, -0.1) is 0 Å². The van der Waals surface area contributed by atoms with Gasteiger partial charge < -0.3 is 5.32 Å². The number of amides is 1. The molecule has 1 N–H and O–H groups in total. The number of hydrogen-bond donors (Lipinski definition) is 1. The minimum Gasteiger partial charge on any atom is -0.348 e. The van der Waals surface area contributed by atoms with E-state index in [1.165, 1.54) is 5.56 Å². The van der Waals surface area contributed by atoms with Crippen molar-refractivity contribution in [3.8, 4) is 0 Å². The van der Waals surface area contributed by atoms with Gasteiger partial charge >= 0.3 is 0 Å². The number of hydrogen-bond acceptors (Lipinski definition) is 3. The highest BCUT2D eigenvalue weighted by molar-refractivity contribution is 9.10. The monoisotopic (exact) mass is 452 g/mol. The second kappa shape index (κ2) is 8.44. The summed E-state index contributed by atoms with van der Waals surface area (Å²) >= 11 is 3.35. The van der Waals surface area contributed by atoms with Crippen LogP contribution in [0.3, 0.4) is 0 Å². The van der Waals surface area contributed by atoms with E-state index in [0.717, 1.165) is 27.3 Å². The summed E-state index contributed by atoms with van der Waals surface area (Å²) in [6, 6.07) is 10.9. The highest BCUT2D eigenvalue weighted by atomic mass is 79.9. The molecule has 0 fully saturated rings. The molecule has 7 heteroatoms. The van der Waals surface area contributed by atoms with E-state index in [0.29, 0.717) is 10.2 Å². The van der Waals surface area contributed by atoms with Gasteiger partial charge in [-0.25, -0.2) is 8.42 Å². The highest BCUT2D eigenvalue weighted by Gasteiger charge is 2.23. The van der Waals surface area contributed by atoms with Crippen molar-refractivity contribution < 1.29 is 13.2 Å². The van der Waals surface area contributed by atoms with Gasteiger partial charge in [-0.3, -0.25) is 9.10 Å². The van der Waals surface area contributed by atoms with Crippen LogP contribution >= 0.6 is 15.9 Å². The van der Waals surface area contributed by atoms with E-state index in [9.17, 15) is 13.2 Å². The number of nitrogens with one attached hydrogen (secondary N) is 1. The fourth-order valence-corrected chi connectivity index (χ4v) is 4.46. The maximum absolute atomic E-state index is 12.6. The molecule has 2 aromatic rings. The van der Waals surface area contributed by atoms with Crippen molar-refractivity contribution in [2.75, 3.05) is 17.1 Å². The van der Waals surface area contributed by atoms with E-state index < -0.39 is 10.0 Å². The van der Waals surface area contributed by atoms with Gasteiger partial charge in [0.1, 0.15) is 6.54 Å². The summed E-state index contributed by atoms with van der Waals surface area (Å²) < 4.78 is 26.2. The van der Waals surface area contributed by atoms with E-state index in [1.807, 2.05) is 20.8 Å². The maximum atomic E-state index is 12.6. The molecule has 0 aromatic heterocycles. The molecule has 2 rings (SSSR count). The van der Waals surface area contributed by atoms with Crippen LogP contribution in [0.4, 0.5) is 5.69 Å². The van der Waals surface area contributed by atoms with Crippen LogP contribution in [-0.2, 0) is 14.8 Å². The molecule has 0 saturated carbocycles. The number of halogens is 1. The Morgan fingerprint density at radius 3 is 2.30 bits per heavy atom. The molecule has 5 nitrogen and oxygen atoms in total. The minimum atomic E-state index is -3.61. The molecule has 0 saturated heterocycles. The van der Waals surface area contributed by atoms with E-state index in [1.54, 1.807) is 24.3 Å². The number of rotatable bonds is 6. The number of carbonyl (C=O) groups is 1. The van der Waals surface area contributed by atoms with Gasteiger partial charge in [0, 0.05) is 4.47 Å². The topological polar surface area (TPSA) is 66.5 Å². The van der Waals surface area contributed by atoms with Gasteiger partial charge in [0.25, 0.3) is 0 Å². The van der Waals surface area contributed by atoms with E-state index in [4.69, 9.17) is 0 Å². The van der Waals surface area contributed by atoms with Crippen LogP contribution in [0, 0.1) is 20.8 Å². The molecular weight excluding hydrogens is 428 g/mol. The third-order valence-corrected chi connectivity index (χ3v) is 6.33. The third kappa shape index (κ3) is 5.32. The molecule has 1 unspecified atom stereocenters. The molecule has 0 aliphatic heterocycles. The Labute approximate surface area is 170 Å². The summed E-state index contributed by atoms with van der Waals surface area (Å²) in [5.41, 5.74) is 4.91. The zero-order chi connectivity index (χ0) is 20.4. The zero-order valence-electron chi connectivity index (χ0n) is 16.2. The lowest BCUT2D eigenvalue weighted by Crippen LogP contribution is -2.41. The van der Waals surface area contributed by atoms with Crippen molar-refractivity contribution in [2.24, 2.45) is 0 Å². The standard InChI is InChI=1S/C20H25BrN2O3S/c1-13-10-15(3)17(11-14(13)2)16(4)22-20(24)12-23(27(5,25)26)19-9-7-6-8-18(19)21/h6-11,16H,12H2,1-5H3,(H,22,24). The predicted molar refractivity (Wildman–Crippen MR) is 114 cm³/mol. The van der Waals surface area contributed by atoms with Crippen molar-refractivity contribution in [1.82, 2.24) is 5.32 Å². The van der Waals surface area contributed by atoms with E-state index >= 15 is 0 Å². The second-order valence-corrected chi connectivity index (χ2v) is 9.56. The van der Waals surface area contributed by atoms with Gasteiger partial charge in [0.15, 0.2) is 0 Å². The maximum Gasteiger partial charge on any atom is 0.241 e. The first-order valence-corrected chi connectivity index (χ1v) is 11.2. The van der Waals surface area contributed by atoms with Crippen LogP contribution in [0.2, 0.25) is 0 Å². The molecule has 0 spiro atoms. The van der Waals surface area contributed by atoms with Crippen molar-refractivity contribution in [2.45, 2.75) is 33.7 Å². The Morgan fingerprint density at radius 2 is 1.70 bits per heavy atom. The van der Waals surface area contributed by atoms with Crippen molar-refractivity contribution >= 4 is 37.5 Å². The Balaban J connectivity index is 2.22. The normalized spacial score (nSPS) is 12.5. The summed E-state index contributed by atoms with van der Waals surface area (Å²) in [5.74, 6) is -0.360. The predicted octanol–water partition coefficient (Wildman–Crippen LogP) is 4.02. The lowest BCUT2D eigenvalue weighted by atomic mass is 9.96. The summed E-state index contributed by atoms with van der Waals surface area (Å²) in [5, 5.41) is 2.92. The zero-order valence-corrected chi connectivity index (χ0v) is 18.6. The lowest BCUT2D eigenvalue weighted by Gasteiger charge is -2.24. The van der Waals surface area contributed by atoms with Crippen LogP contribution in [0.1, 0.15) is 35.2 Å². The number of sulfonamides is 1. The SMILES string of the molecule is Cc1cc(C)c(C(C)NC(=O)CN(c2ccccc2Br)S(C)(=O)=O)cc1C. The van der Waals surface area contributed by atoms with Crippen LogP contribution in [-0.4, -0.2) is 27.1 Å². The molecule has 27 heavy (non-hydrogen) atoms. The summed E-state index contributed by atoms with van der Waals surface area (Å²) in [7, 11) is -3.61. The molecule has 0 heterocycles. The Morgan fingerprint density at radius 1 is 1.11 bits per heavy atom. The van der Waals surface area contributed by atoms with Crippen LogP contribution in [0.25, 0.3) is 0 Å². The van der Waals surface area contributed by atoms with Crippen LogP contribution < -0.4 is 9.62 Å². The molecule has 0 aliphatic carbocycles. The fraction of sp³-hybridized carbons (Fsp3) is 0.350. The Kier molecular flexibility index (Phi) is 6.70. The van der Waals surface area contributed by atoms with Crippen molar-refractivity contribution in [3.63, 3.8) is 0 Å². The van der Waals surface area contributed by atoms with Gasteiger partial charge in [0.2, 0.25) is 15.9 Å². The smallest absolute Gasteiger partial charge is 0.241 e. The molecular formula is C20H25BrN2O3S. The highest BCUT2D eigenvalue weighted by Crippen LogP contribution is 2.27. The fourth-order valence-electron chi connectivity index (χ4n) is 2.98. The number of para-hydroxylation sites is 1. The Bertz CT molecular complexity index is 958. The largest absolute Gasteiger partial charge is 0.348 e. The van der Waals surface area contributed by atoms with E-state index in [-0.39, 0.29) is 18.5 Å². The molecule has 0 radical (unpaired) electrons. The van der Waals surface area contributed by atoms with Gasteiger partial charge in [-0.05, 0) is 78.0 Å². The number of aryl methyl sites for hydroxylation is 3. The number of carbonyl (C=O) groups excluding carboxylic acids is 1. The molecule has 146 valence electrons. The quantitative estimate of drug-likeness (QED) is 0.719. The van der Waals surface area contributed by atoms with Gasteiger partial charge in [-0.1, -0.05) is 24.3 Å². The summed E-state index contributed by atoms with van der Waals surface area (Å²) in [4.78, 5) is 12.6. The molecule has 1 amide bonds. The second-order valence-electron chi connectivity index (χ2n) is 6.80. The lowest BCUT2D eigenvalue weighted by molar-refractivity contribution is -0.120. The number of anilines is 1. The average molecular weight is 453 g/mol. The molecule has 2 aromatic carbocycles.